The number of rotatable bonds is 5. The molecule has 6 heteroatoms. The zero-order valence-corrected chi connectivity index (χ0v) is 16.2. The third-order valence-electron chi connectivity index (χ3n) is 2.08. The van der Waals surface area contributed by atoms with Gasteiger partial charge in [-0.2, -0.15) is 0 Å². The van der Waals surface area contributed by atoms with Crippen LogP contribution in [0.15, 0.2) is 48.6 Å². The standard InChI is InChI=1S/C10H12O3.C6H8O2.K/c1-2-7-13-10(12)8-3-5-9(11)6-4-8;1-2-3-4-5-6(7)8;/h3-6,11H,2,7H2,1H3;2-5H,1H3,(H,7,8);/q;;+1/p-1/b;3-2+,5-4+;. The first-order valence-corrected chi connectivity index (χ1v) is 6.47. The molecule has 1 aromatic carbocycles. The molecule has 0 heterocycles. The molecule has 0 unspecified atom stereocenters. The molecule has 0 aliphatic heterocycles. The van der Waals surface area contributed by atoms with Crippen LogP contribution in [-0.4, -0.2) is 23.7 Å². The molecule has 1 rings (SSSR count). The van der Waals surface area contributed by atoms with Crippen molar-refractivity contribution in [2.45, 2.75) is 20.3 Å². The number of carboxylic acid groups (broad SMARTS) is 1. The molecule has 0 aromatic heterocycles. The summed E-state index contributed by atoms with van der Waals surface area (Å²) < 4.78 is 4.90. The van der Waals surface area contributed by atoms with Crippen molar-refractivity contribution in [2.75, 3.05) is 6.61 Å². The van der Waals surface area contributed by atoms with Gasteiger partial charge in [0.25, 0.3) is 0 Å². The van der Waals surface area contributed by atoms with Crippen LogP contribution in [0.5, 0.6) is 5.75 Å². The maximum absolute atomic E-state index is 11.2. The summed E-state index contributed by atoms with van der Waals surface area (Å²) in [6.45, 7) is 4.17. The summed E-state index contributed by atoms with van der Waals surface area (Å²) in [6, 6.07) is 5.99. The number of carbonyl (C=O) groups is 2. The molecule has 0 amide bonds. The second-order valence-electron chi connectivity index (χ2n) is 3.89. The van der Waals surface area contributed by atoms with Crippen molar-refractivity contribution in [1.29, 1.82) is 0 Å². The first kappa shape index (κ1) is 23.3. The molecule has 0 saturated carbocycles. The molecular weight excluding hydrogens is 311 g/mol. The van der Waals surface area contributed by atoms with Crippen molar-refractivity contribution in [3.8, 4) is 5.75 Å². The van der Waals surface area contributed by atoms with Crippen molar-refractivity contribution in [3.63, 3.8) is 0 Å². The Bertz CT molecular complexity index is 492. The molecule has 114 valence electrons. The van der Waals surface area contributed by atoms with Gasteiger partial charge in [-0.1, -0.05) is 25.2 Å². The number of aromatic hydroxyl groups is 1. The molecule has 0 saturated heterocycles. The number of phenolic OH excluding ortho intramolecular Hbond substituents is 1. The third-order valence-corrected chi connectivity index (χ3v) is 2.08. The Morgan fingerprint density at radius 3 is 2.27 bits per heavy atom. The molecule has 0 aliphatic rings. The number of esters is 1. The summed E-state index contributed by atoms with van der Waals surface area (Å²) in [5.74, 6) is -1.36. The number of carboxylic acids is 1. The zero-order chi connectivity index (χ0) is 16.1. The van der Waals surface area contributed by atoms with E-state index < -0.39 is 5.97 Å². The van der Waals surface area contributed by atoms with Gasteiger partial charge in [0.15, 0.2) is 0 Å². The summed E-state index contributed by atoms with van der Waals surface area (Å²) in [4.78, 5) is 20.9. The largest absolute Gasteiger partial charge is 1.00 e. The predicted molar refractivity (Wildman–Crippen MR) is 77.6 cm³/mol. The average molecular weight is 330 g/mol. The van der Waals surface area contributed by atoms with Gasteiger partial charge in [0.05, 0.1) is 18.1 Å². The zero-order valence-electron chi connectivity index (χ0n) is 13.1. The van der Waals surface area contributed by atoms with Crippen LogP contribution in [0, 0.1) is 0 Å². The first-order chi connectivity index (χ1) is 10.0. The SMILES string of the molecule is C/C=C/C=C/C(=O)[O-].CCCOC(=O)c1ccc(O)cc1.[K+]. The summed E-state index contributed by atoms with van der Waals surface area (Å²) in [7, 11) is 0. The van der Waals surface area contributed by atoms with Crippen LogP contribution in [0.4, 0.5) is 0 Å². The van der Waals surface area contributed by atoms with Gasteiger partial charge in [-0.15, -0.1) is 0 Å². The van der Waals surface area contributed by atoms with Gasteiger partial charge < -0.3 is 19.7 Å². The van der Waals surface area contributed by atoms with E-state index in [-0.39, 0.29) is 63.1 Å². The van der Waals surface area contributed by atoms with Gasteiger partial charge in [-0.05, 0) is 43.7 Å². The Kier molecular flexibility index (Phi) is 15.9. The normalized spacial score (nSPS) is 9.73. The Labute approximate surface area is 173 Å². The number of carbonyl (C=O) groups excluding carboxylic acids is 2. The number of allylic oxidation sites excluding steroid dienone is 3. The summed E-state index contributed by atoms with van der Waals surface area (Å²) in [6.07, 6.45) is 6.55. The van der Waals surface area contributed by atoms with Gasteiger partial charge in [-0.25, -0.2) is 4.79 Å². The minimum Gasteiger partial charge on any atom is -0.545 e. The molecular formula is C16H19KO5. The fourth-order valence-electron chi connectivity index (χ4n) is 1.12. The number of benzene rings is 1. The van der Waals surface area contributed by atoms with Crippen LogP contribution >= 0.6 is 0 Å². The Balaban J connectivity index is 0. The number of phenols is 1. The van der Waals surface area contributed by atoms with Gasteiger partial charge in [0.1, 0.15) is 5.75 Å². The van der Waals surface area contributed by atoms with Crippen LogP contribution in [0.3, 0.4) is 0 Å². The maximum Gasteiger partial charge on any atom is 1.00 e. The van der Waals surface area contributed by atoms with E-state index in [4.69, 9.17) is 9.84 Å². The van der Waals surface area contributed by atoms with Crippen molar-refractivity contribution in [1.82, 2.24) is 0 Å². The molecule has 1 aromatic rings. The second-order valence-corrected chi connectivity index (χ2v) is 3.89. The summed E-state index contributed by atoms with van der Waals surface area (Å²) >= 11 is 0. The Hall–Kier alpha value is -0.924. The van der Waals surface area contributed by atoms with E-state index in [2.05, 4.69) is 0 Å². The smallest absolute Gasteiger partial charge is 0.545 e. The van der Waals surface area contributed by atoms with E-state index >= 15 is 0 Å². The maximum atomic E-state index is 11.2. The van der Waals surface area contributed by atoms with E-state index in [1.807, 2.05) is 6.92 Å². The topological polar surface area (TPSA) is 86.7 Å². The van der Waals surface area contributed by atoms with Crippen LogP contribution in [0.2, 0.25) is 0 Å². The number of hydrogen-bond acceptors (Lipinski definition) is 5. The molecule has 0 atom stereocenters. The minimum atomic E-state index is -1.16. The second kappa shape index (κ2) is 15.0. The van der Waals surface area contributed by atoms with Crippen molar-refractivity contribution in [2.24, 2.45) is 0 Å². The van der Waals surface area contributed by atoms with E-state index in [1.165, 1.54) is 30.3 Å². The summed E-state index contributed by atoms with van der Waals surface area (Å²) in [5, 5.41) is 18.6. The minimum absolute atomic E-state index is 0. The number of aliphatic carboxylic acids is 1. The van der Waals surface area contributed by atoms with E-state index in [0.717, 1.165) is 12.5 Å². The first-order valence-electron chi connectivity index (χ1n) is 6.47. The number of ether oxygens (including phenoxy) is 1. The molecule has 0 aliphatic carbocycles. The molecule has 1 N–H and O–H groups in total. The van der Waals surface area contributed by atoms with Gasteiger partial charge in [0.2, 0.25) is 0 Å². The Morgan fingerprint density at radius 2 is 1.82 bits per heavy atom. The van der Waals surface area contributed by atoms with Crippen LogP contribution < -0.4 is 56.5 Å². The van der Waals surface area contributed by atoms with Crippen LogP contribution in [0.1, 0.15) is 30.6 Å². The molecule has 0 bridgehead atoms. The van der Waals surface area contributed by atoms with Gasteiger partial charge >= 0.3 is 57.4 Å². The third kappa shape index (κ3) is 12.8. The van der Waals surface area contributed by atoms with Crippen molar-refractivity contribution < 1.29 is 75.9 Å². The fraction of sp³-hybridized carbons (Fsp3) is 0.250. The quantitative estimate of drug-likeness (QED) is 0.318. The molecule has 0 fully saturated rings. The molecule has 0 spiro atoms. The monoisotopic (exact) mass is 330 g/mol. The van der Waals surface area contributed by atoms with Crippen LogP contribution in [0.25, 0.3) is 0 Å². The fourth-order valence-corrected chi connectivity index (χ4v) is 1.12. The van der Waals surface area contributed by atoms with Gasteiger partial charge in [-0.3, -0.25) is 0 Å². The molecule has 0 radical (unpaired) electrons. The molecule has 22 heavy (non-hydrogen) atoms. The van der Waals surface area contributed by atoms with Gasteiger partial charge in [0, 0.05) is 0 Å². The average Bonchev–Trinajstić information content (AvgIpc) is 2.46. The number of hydrogen-bond donors (Lipinski definition) is 1. The van der Waals surface area contributed by atoms with E-state index in [0.29, 0.717) is 12.2 Å². The van der Waals surface area contributed by atoms with E-state index in [1.54, 1.807) is 19.1 Å². The van der Waals surface area contributed by atoms with Crippen LogP contribution in [-0.2, 0) is 9.53 Å². The molecule has 5 nitrogen and oxygen atoms in total. The predicted octanol–water partition coefficient (Wildman–Crippen LogP) is -1.17. The van der Waals surface area contributed by atoms with E-state index in [9.17, 15) is 14.7 Å². The van der Waals surface area contributed by atoms with Crippen molar-refractivity contribution >= 4 is 11.9 Å². The summed E-state index contributed by atoms with van der Waals surface area (Å²) in [5.41, 5.74) is 0.464. The Morgan fingerprint density at radius 1 is 1.23 bits per heavy atom. The van der Waals surface area contributed by atoms with Crippen molar-refractivity contribution in [3.05, 3.63) is 54.1 Å².